The number of hydrogen-bond donors (Lipinski definition) is 1. The number of nitrogens with zero attached hydrogens (tertiary/aromatic N) is 1. The Hall–Kier alpha value is -2.99. The number of fused-ring (bicyclic) bond motifs is 1. The highest BCUT2D eigenvalue weighted by atomic mass is 79.9. The number of benzene rings is 3. The van der Waals surface area contributed by atoms with Gasteiger partial charge in [0.25, 0.3) is 5.91 Å². The van der Waals surface area contributed by atoms with Crippen LogP contribution in [0.3, 0.4) is 0 Å². The molecule has 3 aromatic rings. The number of anilines is 1. The van der Waals surface area contributed by atoms with Crippen LogP contribution < -0.4 is 5.32 Å². The number of nitrogens with one attached hydrogen (secondary N) is 1. The van der Waals surface area contributed by atoms with Crippen molar-refractivity contribution in [1.29, 1.82) is 0 Å². The molecule has 3 aromatic carbocycles. The summed E-state index contributed by atoms with van der Waals surface area (Å²) in [6.07, 6.45) is 0. The van der Waals surface area contributed by atoms with Crippen molar-refractivity contribution in [2.75, 3.05) is 11.9 Å². The van der Waals surface area contributed by atoms with E-state index in [0.717, 1.165) is 21.2 Å². The van der Waals surface area contributed by atoms with Crippen LogP contribution in [-0.2, 0) is 4.79 Å². The van der Waals surface area contributed by atoms with Crippen LogP contribution in [0.1, 0.15) is 33.1 Å². The third kappa shape index (κ3) is 3.93. The number of carbonyl (C=O) groups is 2. The summed E-state index contributed by atoms with van der Waals surface area (Å²) in [7, 11) is 0. The van der Waals surface area contributed by atoms with Crippen LogP contribution >= 0.6 is 15.9 Å². The predicted octanol–water partition coefficient (Wildman–Crippen LogP) is 5.08. The second kappa shape index (κ2) is 7.79. The van der Waals surface area contributed by atoms with Gasteiger partial charge in [-0.1, -0.05) is 45.8 Å². The van der Waals surface area contributed by atoms with Crippen molar-refractivity contribution in [2.24, 2.45) is 0 Å². The van der Waals surface area contributed by atoms with E-state index >= 15 is 0 Å². The zero-order chi connectivity index (χ0) is 20.5. The minimum Gasteiger partial charge on any atom is -0.324 e. The molecular weight excluding hydrogens is 435 g/mol. The Morgan fingerprint density at radius 1 is 1.07 bits per heavy atom. The molecule has 146 valence electrons. The Kier molecular flexibility index (Phi) is 5.20. The lowest BCUT2D eigenvalue weighted by molar-refractivity contribution is -0.117. The fraction of sp³-hybridized carbons (Fsp3) is 0.130. The minimum absolute atomic E-state index is 0.110. The summed E-state index contributed by atoms with van der Waals surface area (Å²) < 4.78 is 14.4. The molecule has 1 aliphatic rings. The first kappa shape index (κ1) is 19.3. The van der Waals surface area contributed by atoms with Gasteiger partial charge in [-0.05, 0) is 55.0 Å². The molecule has 2 amide bonds. The van der Waals surface area contributed by atoms with Crippen LogP contribution in [0.25, 0.3) is 0 Å². The van der Waals surface area contributed by atoms with Crippen LogP contribution in [-0.4, -0.2) is 23.3 Å². The lowest BCUT2D eigenvalue weighted by atomic mass is 9.95. The maximum Gasteiger partial charge on any atom is 0.255 e. The molecule has 0 saturated heterocycles. The molecule has 4 rings (SSSR count). The van der Waals surface area contributed by atoms with Gasteiger partial charge in [0.15, 0.2) is 0 Å². The second-order valence-corrected chi connectivity index (χ2v) is 7.95. The molecule has 0 radical (unpaired) electrons. The van der Waals surface area contributed by atoms with E-state index in [1.54, 1.807) is 30.3 Å². The van der Waals surface area contributed by atoms with Crippen molar-refractivity contribution in [3.05, 3.63) is 99.3 Å². The van der Waals surface area contributed by atoms with E-state index in [0.29, 0.717) is 11.3 Å². The molecule has 0 fully saturated rings. The van der Waals surface area contributed by atoms with Gasteiger partial charge in [0.1, 0.15) is 12.4 Å². The van der Waals surface area contributed by atoms with Crippen molar-refractivity contribution < 1.29 is 14.0 Å². The number of aryl methyl sites for hydroxylation is 1. The topological polar surface area (TPSA) is 49.4 Å². The lowest BCUT2D eigenvalue weighted by Gasteiger charge is -2.31. The average molecular weight is 453 g/mol. The van der Waals surface area contributed by atoms with Crippen molar-refractivity contribution >= 4 is 33.4 Å². The molecule has 4 nitrogen and oxygen atoms in total. The Morgan fingerprint density at radius 3 is 2.45 bits per heavy atom. The number of carbonyl (C=O) groups excluding carboxylic acids is 2. The van der Waals surface area contributed by atoms with E-state index in [2.05, 4.69) is 21.2 Å². The zero-order valence-corrected chi connectivity index (χ0v) is 17.2. The molecule has 0 aliphatic carbocycles. The van der Waals surface area contributed by atoms with Gasteiger partial charge in [-0.25, -0.2) is 4.39 Å². The molecule has 1 N–H and O–H groups in total. The van der Waals surface area contributed by atoms with Gasteiger partial charge in [0.05, 0.1) is 6.04 Å². The maximum atomic E-state index is 13.6. The standard InChI is InChI=1S/C23H18BrFN2O2/c1-14-2-4-16(5-3-14)23(29)27-13-21(28)26-20-11-8-17(24)12-19(20)22(27)15-6-9-18(25)10-7-15/h2-12,22H,13H2,1H3,(H,26,28)/t22-/m0/s1. The Bertz CT molecular complexity index is 1080. The molecule has 6 heteroatoms. The number of rotatable bonds is 2. The first-order chi connectivity index (χ1) is 13.9. The van der Waals surface area contributed by atoms with Gasteiger partial charge in [0.2, 0.25) is 5.91 Å². The van der Waals surface area contributed by atoms with E-state index in [-0.39, 0.29) is 24.2 Å². The van der Waals surface area contributed by atoms with Crippen LogP contribution in [0.2, 0.25) is 0 Å². The molecule has 0 saturated carbocycles. The van der Waals surface area contributed by atoms with Gasteiger partial charge in [0, 0.05) is 21.3 Å². The van der Waals surface area contributed by atoms with Gasteiger partial charge in [-0.15, -0.1) is 0 Å². The summed E-state index contributed by atoms with van der Waals surface area (Å²) in [6, 6.07) is 18.2. The summed E-state index contributed by atoms with van der Waals surface area (Å²) in [4.78, 5) is 27.5. The summed E-state index contributed by atoms with van der Waals surface area (Å²) in [5.74, 6) is -0.900. The monoisotopic (exact) mass is 452 g/mol. The van der Waals surface area contributed by atoms with Gasteiger partial charge < -0.3 is 10.2 Å². The minimum atomic E-state index is -0.546. The predicted molar refractivity (Wildman–Crippen MR) is 113 cm³/mol. The van der Waals surface area contributed by atoms with Gasteiger partial charge in [-0.2, -0.15) is 0 Å². The molecule has 0 bridgehead atoms. The van der Waals surface area contributed by atoms with Crippen molar-refractivity contribution in [3.8, 4) is 0 Å². The van der Waals surface area contributed by atoms with Crippen molar-refractivity contribution in [2.45, 2.75) is 13.0 Å². The SMILES string of the molecule is Cc1ccc(C(=O)N2CC(=O)Nc3ccc(Br)cc3[C@@H]2c2ccc(F)cc2)cc1. The van der Waals surface area contributed by atoms with Crippen LogP contribution in [0, 0.1) is 12.7 Å². The van der Waals surface area contributed by atoms with Gasteiger partial charge >= 0.3 is 0 Å². The fourth-order valence-corrected chi connectivity index (χ4v) is 3.91. The van der Waals surface area contributed by atoms with Crippen LogP contribution in [0.15, 0.2) is 71.2 Å². The highest BCUT2D eigenvalue weighted by Crippen LogP contribution is 2.38. The first-order valence-electron chi connectivity index (χ1n) is 9.15. The molecule has 1 atom stereocenters. The molecule has 1 heterocycles. The van der Waals surface area contributed by atoms with Crippen LogP contribution in [0.5, 0.6) is 0 Å². The van der Waals surface area contributed by atoms with E-state index in [1.807, 2.05) is 31.2 Å². The second-order valence-electron chi connectivity index (χ2n) is 7.03. The average Bonchev–Trinajstić information content (AvgIpc) is 2.84. The molecule has 1 aliphatic heterocycles. The molecule has 0 spiro atoms. The molecule has 0 unspecified atom stereocenters. The number of halogens is 2. The Balaban J connectivity index is 1.88. The van der Waals surface area contributed by atoms with Gasteiger partial charge in [-0.3, -0.25) is 9.59 Å². The fourth-order valence-electron chi connectivity index (χ4n) is 3.53. The summed E-state index contributed by atoms with van der Waals surface area (Å²) >= 11 is 3.48. The number of hydrogen-bond acceptors (Lipinski definition) is 2. The Labute approximate surface area is 176 Å². The largest absolute Gasteiger partial charge is 0.324 e. The smallest absolute Gasteiger partial charge is 0.255 e. The third-order valence-electron chi connectivity index (χ3n) is 4.95. The lowest BCUT2D eigenvalue weighted by Crippen LogP contribution is -2.39. The van der Waals surface area contributed by atoms with E-state index in [4.69, 9.17) is 0 Å². The van der Waals surface area contributed by atoms with Crippen molar-refractivity contribution in [1.82, 2.24) is 4.90 Å². The zero-order valence-electron chi connectivity index (χ0n) is 15.7. The van der Waals surface area contributed by atoms with Crippen LogP contribution in [0.4, 0.5) is 10.1 Å². The highest BCUT2D eigenvalue weighted by Gasteiger charge is 2.34. The summed E-state index contributed by atoms with van der Waals surface area (Å²) in [6.45, 7) is 1.84. The molecule has 0 aromatic heterocycles. The summed E-state index contributed by atoms with van der Waals surface area (Å²) in [5.41, 5.74) is 3.65. The Morgan fingerprint density at radius 2 is 1.76 bits per heavy atom. The number of amides is 2. The maximum absolute atomic E-state index is 13.6. The van der Waals surface area contributed by atoms with E-state index in [1.165, 1.54) is 17.0 Å². The van der Waals surface area contributed by atoms with E-state index < -0.39 is 6.04 Å². The molecular formula is C23H18BrFN2O2. The first-order valence-corrected chi connectivity index (χ1v) is 9.94. The highest BCUT2D eigenvalue weighted by molar-refractivity contribution is 9.10. The molecule has 29 heavy (non-hydrogen) atoms. The summed E-state index contributed by atoms with van der Waals surface area (Å²) in [5, 5.41) is 2.88. The normalized spacial score (nSPS) is 16.0. The van der Waals surface area contributed by atoms with E-state index in [9.17, 15) is 14.0 Å². The quantitative estimate of drug-likeness (QED) is 0.589. The van der Waals surface area contributed by atoms with Crippen molar-refractivity contribution in [3.63, 3.8) is 0 Å². The third-order valence-corrected chi connectivity index (χ3v) is 5.45.